The van der Waals surface area contributed by atoms with E-state index in [2.05, 4.69) is 5.32 Å². The Morgan fingerprint density at radius 3 is 2.60 bits per heavy atom. The number of rotatable bonds is 2. The topological polar surface area (TPSA) is 47.6 Å². The van der Waals surface area contributed by atoms with E-state index in [0.29, 0.717) is 19.6 Å². The second kappa shape index (κ2) is 4.90. The molecule has 0 aromatic carbocycles. The van der Waals surface area contributed by atoms with Gasteiger partial charge in [-0.2, -0.15) is 0 Å². The third kappa shape index (κ3) is 2.66. The van der Waals surface area contributed by atoms with E-state index >= 15 is 0 Å². The molecule has 5 heteroatoms. The highest BCUT2D eigenvalue weighted by Gasteiger charge is 2.31. The van der Waals surface area contributed by atoms with Gasteiger partial charge in [-0.15, -0.1) is 0 Å². The predicted molar refractivity (Wildman–Crippen MR) is 51.0 cm³/mol. The van der Waals surface area contributed by atoms with Crippen molar-refractivity contribution in [3.8, 4) is 0 Å². The Labute approximate surface area is 88.1 Å². The molecule has 2 aliphatic heterocycles. The van der Waals surface area contributed by atoms with Gasteiger partial charge in [0.25, 0.3) is 0 Å². The zero-order valence-electron chi connectivity index (χ0n) is 8.58. The summed E-state index contributed by atoms with van der Waals surface area (Å²) < 4.78 is 23.3. The van der Waals surface area contributed by atoms with Gasteiger partial charge in [-0.3, -0.25) is 4.79 Å². The maximum absolute atomic E-state index is 13.2. The van der Waals surface area contributed by atoms with E-state index in [4.69, 9.17) is 9.47 Å². The SMILES string of the molecule is O=C(NC1CCCOC1F)C1CCCO1. The zero-order valence-corrected chi connectivity index (χ0v) is 8.58. The van der Waals surface area contributed by atoms with Crippen molar-refractivity contribution in [2.45, 2.75) is 44.2 Å². The quantitative estimate of drug-likeness (QED) is 0.742. The molecule has 0 saturated carbocycles. The molecule has 3 unspecified atom stereocenters. The Kier molecular flexibility index (Phi) is 3.53. The van der Waals surface area contributed by atoms with Crippen LogP contribution in [0.5, 0.6) is 0 Å². The van der Waals surface area contributed by atoms with Crippen LogP contribution in [0.25, 0.3) is 0 Å². The van der Waals surface area contributed by atoms with Crippen molar-refractivity contribution in [2.75, 3.05) is 13.2 Å². The summed E-state index contributed by atoms with van der Waals surface area (Å²) in [7, 11) is 0. The van der Waals surface area contributed by atoms with E-state index in [1.54, 1.807) is 0 Å². The summed E-state index contributed by atoms with van der Waals surface area (Å²) >= 11 is 0. The number of carbonyl (C=O) groups is 1. The largest absolute Gasteiger partial charge is 0.368 e. The molecule has 0 aromatic heterocycles. The number of hydrogen-bond acceptors (Lipinski definition) is 3. The zero-order chi connectivity index (χ0) is 10.7. The average Bonchev–Trinajstić information content (AvgIpc) is 2.74. The molecular weight excluding hydrogens is 201 g/mol. The first-order valence-corrected chi connectivity index (χ1v) is 5.45. The molecule has 2 rings (SSSR count). The van der Waals surface area contributed by atoms with Crippen LogP contribution >= 0.6 is 0 Å². The number of nitrogens with one attached hydrogen (secondary N) is 1. The lowest BCUT2D eigenvalue weighted by atomic mass is 10.1. The molecule has 4 nitrogen and oxygen atoms in total. The van der Waals surface area contributed by atoms with Gasteiger partial charge in [-0.25, -0.2) is 4.39 Å². The number of ether oxygens (including phenoxy) is 2. The molecule has 3 atom stereocenters. The first-order chi connectivity index (χ1) is 7.27. The lowest BCUT2D eigenvalue weighted by molar-refractivity contribution is -0.137. The molecule has 86 valence electrons. The Morgan fingerprint density at radius 1 is 1.20 bits per heavy atom. The fourth-order valence-corrected chi connectivity index (χ4v) is 1.94. The van der Waals surface area contributed by atoms with Crippen LogP contribution < -0.4 is 5.32 Å². The van der Waals surface area contributed by atoms with Crippen molar-refractivity contribution < 1.29 is 18.7 Å². The van der Waals surface area contributed by atoms with Crippen LogP contribution in [-0.2, 0) is 14.3 Å². The first-order valence-electron chi connectivity index (χ1n) is 5.45. The fraction of sp³-hybridized carbons (Fsp3) is 0.900. The molecule has 0 radical (unpaired) electrons. The molecule has 1 amide bonds. The van der Waals surface area contributed by atoms with Crippen LogP contribution in [0.4, 0.5) is 4.39 Å². The predicted octanol–water partition coefficient (Wildman–Crippen LogP) is 0.756. The van der Waals surface area contributed by atoms with Crippen LogP contribution in [0.3, 0.4) is 0 Å². The van der Waals surface area contributed by atoms with E-state index in [9.17, 15) is 9.18 Å². The highest BCUT2D eigenvalue weighted by molar-refractivity contribution is 5.81. The van der Waals surface area contributed by atoms with Crippen molar-refractivity contribution in [2.24, 2.45) is 0 Å². The standard InChI is InChI=1S/C10H16FNO3/c11-9-7(3-1-6-15-9)12-10(13)8-4-2-5-14-8/h7-9H,1-6H2,(H,12,13). The van der Waals surface area contributed by atoms with Gasteiger partial charge in [0, 0.05) is 6.61 Å². The summed E-state index contributed by atoms with van der Waals surface area (Å²) in [6.45, 7) is 1.06. The van der Waals surface area contributed by atoms with Gasteiger partial charge in [0.2, 0.25) is 12.3 Å². The Morgan fingerprint density at radius 2 is 1.93 bits per heavy atom. The summed E-state index contributed by atoms with van der Waals surface area (Å²) in [5.41, 5.74) is 0. The lowest BCUT2D eigenvalue weighted by Crippen LogP contribution is -2.48. The molecule has 15 heavy (non-hydrogen) atoms. The first kappa shape index (κ1) is 10.8. The fourth-order valence-electron chi connectivity index (χ4n) is 1.94. The van der Waals surface area contributed by atoms with Gasteiger partial charge >= 0.3 is 0 Å². The Bertz CT molecular complexity index is 231. The second-order valence-electron chi connectivity index (χ2n) is 3.98. The van der Waals surface area contributed by atoms with Gasteiger partial charge in [-0.1, -0.05) is 0 Å². The van der Waals surface area contributed by atoms with Gasteiger partial charge in [-0.05, 0) is 25.7 Å². The number of carbonyl (C=O) groups excluding carboxylic acids is 1. The van der Waals surface area contributed by atoms with E-state index in [0.717, 1.165) is 19.3 Å². The van der Waals surface area contributed by atoms with Crippen LogP contribution in [0.15, 0.2) is 0 Å². The number of halogens is 1. The summed E-state index contributed by atoms with van der Waals surface area (Å²) in [5, 5.41) is 2.65. The van der Waals surface area contributed by atoms with Crippen LogP contribution in [0, 0.1) is 0 Å². The molecule has 2 aliphatic rings. The average molecular weight is 217 g/mol. The number of hydrogen-bond donors (Lipinski definition) is 1. The summed E-state index contributed by atoms with van der Waals surface area (Å²) in [6, 6.07) is -0.504. The minimum Gasteiger partial charge on any atom is -0.368 e. The van der Waals surface area contributed by atoms with Gasteiger partial charge in [0.15, 0.2) is 0 Å². The number of alkyl halides is 1. The van der Waals surface area contributed by atoms with Gasteiger partial charge in [0.1, 0.15) is 6.10 Å². The molecule has 2 heterocycles. The molecule has 2 saturated heterocycles. The Hall–Kier alpha value is -0.680. The molecule has 0 bridgehead atoms. The molecular formula is C10H16FNO3. The van der Waals surface area contributed by atoms with Gasteiger partial charge < -0.3 is 14.8 Å². The highest BCUT2D eigenvalue weighted by atomic mass is 19.1. The molecule has 0 aliphatic carbocycles. The molecule has 2 fully saturated rings. The monoisotopic (exact) mass is 217 g/mol. The normalized spacial score (nSPS) is 36.5. The summed E-state index contributed by atoms with van der Waals surface area (Å²) in [6.07, 6.45) is 1.30. The maximum atomic E-state index is 13.2. The third-order valence-corrected chi connectivity index (χ3v) is 2.80. The third-order valence-electron chi connectivity index (χ3n) is 2.80. The molecule has 0 aromatic rings. The van der Waals surface area contributed by atoms with Crippen molar-refractivity contribution in [3.05, 3.63) is 0 Å². The second-order valence-corrected chi connectivity index (χ2v) is 3.98. The van der Waals surface area contributed by atoms with Crippen LogP contribution in [0.1, 0.15) is 25.7 Å². The van der Waals surface area contributed by atoms with E-state index < -0.39 is 12.4 Å². The van der Waals surface area contributed by atoms with Crippen LogP contribution in [-0.4, -0.2) is 37.6 Å². The molecule has 1 N–H and O–H groups in total. The van der Waals surface area contributed by atoms with E-state index in [1.165, 1.54) is 0 Å². The van der Waals surface area contributed by atoms with Crippen molar-refractivity contribution in [1.29, 1.82) is 0 Å². The smallest absolute Gasteiger partial charge is 0.249 e. The number of amides is 1. The van der Waals surface area contributed by atoms with Crippen molar-refractivity contribution in [1.82, 2.24) is 5.32 Å². The Balaban J connectivity index is 1.81. The van der Waals surface area contributed by atoms with Crippen LogP contribution in [0.2, 0.25) is 0 Å². The van der Waals surface area contributed by atoms with E-state index in [1.807, 2.05) is 0 Å². The van der Waals surface area contributed by atoms with E-state index in [-0.39, 0.29) is 12.0 Å². The minimum absolute atomic E-state index is 0.203. The maximum Gasteiger partial charge on any atom is 0.249 e. The summed E-state index contributed by atoms with van der Waals surface area (Å²) in [5.74, 6) is -0.203. The van der Waals surface area contributed by atoms with Crippen molar-refractivity contribution >= 4 is 5.91 Å². The minimum atomic E-state index is -1.37. The summed E-state index contributed by atoms with van der Waals surface area (Å²) in [4.78, 5) is 11.6. The molecule has 0 spiro atoms. The highest BCUT2D eigenvalue weighted by Crippen LogP contribution is 2.17. The van der Waals surface area contributed by atoms with Gasteiger partial charge in [0.05, 0.1) is 12.6 Å². The lowest BCUT2D eigenvalue weighted by Gasteiger charge is -2.27. The van der Waals surface area contributed by atoms with Crippen molar-refractivity contribution in [3.63, 3.8) is 0 Å².